The predicted octanol–water partition coefficient (Wildman–Crippen LogP) is 3.32. The van der Waals surface area contributed by atoms with Crippen LogP contribution >= 0.6 is 0 Å². The molecule has 0 aliphatic rings. The SMILES string of the molecule is CN(C(=O)c1ccccc1)/C(C#N)=C/c1ccccc1. The smallest absolute Gasteiger partial charge is 0.258 e. The van der Waals surface area contributed by atoms with Gasteiger partial charge in [0.05, 0.1) is 0 Å². The fraction of sp³-hybridized carbons (Fsp3) is 0.0588. The molecule has 2 aromatic rings. The lowest BCUT2D eigenvalue weighted by molar-refractivity contribution is 0.0842. The van der Waals surface area contributed by atoms with Crippen LogP contribution in [0.3, 0.4) is 0 Å². The molecule has 0 aromatic heterocycles. The van der Waals surface area contributed by atoms with E-state index in [9.17, 15) is 10.1 Å². The molecule has 0 aliphatic carbocycles. The fourth-order valence-electron chi connectivity index (χ4n) is 1.80. The number of rotatable bonds is 3. The van der Waals surface area contributed by atoms with Crippen LogP contribution in [0.15, 0.2) is 66.4 Å². The first-order chi connectivity index (χ1) is 9.72. The van der Waals surface area contributed by atoms with Gasteiger partial charge in [-0.1, -0.05) is 48.5 Å². The number of nitriles is 1. The zero-order valence-electron chi connectivity index (χ0n) is 11.2. The average molecular weight is 262 g/mol. The first kappa shape index (κ1) is 13.6. The van der Waals surface area contributed by atoms with Crippen molar-refractivity contribution in [3.8, 4) is 6.07 Å². The van der Waals surface area contributed by atoms with Crippen LogP contribution in [0, 0.1) is 11.3 Å². The molecule has 0 heterocycles. The maximum Gasteiger partial charge on any atom is 0.258 e. The van der Waals surface area contributed by atoms with Crippen LogP contribution in [0.1, 0.15) is 15.9 Å². The maximum absolute atomic E-state index is 12.3. The van der Waals surface area contributed by atoms with Crippen LogP contribution in [0.2, 0.25) is 0 Å². The first-order valence-electron chi connectivity index (χ1n) is 6.22. The van der Waals surface area contributed by atoms with Crippen molar-refractivity contribution in [1.29, 1.82) is 5.26 Å². The van der Waals surface area contributed by atoms with Gasteiger partial charge in [0.1, 0.15) is 11.8 Å². The Morgan fingerprint density at radius 2 is 1.60 bits per heavy atom. The van der Waals surface area contributed by atoms with Gasteiger partial charge in [-0.05, 0) is 23.8 Å². The highest BCUT2D eigenvalue weighted by atomic mass is 16.2. The number of allylic oxidation sites excluding steroid dienone is 1. The van der Waals surface area contributed by atoms with E-state index >= 15 is 0 Å². The minimum absolute atomic E-state index is 0.200. The molecule has 0 aliphatic heterocycles. The third kappa shape index (κ3) is 3.12. The van der Waals surface area contributed by atoms with Gasteiger partial charge in [0.25, 0.3) is 5.91 Å². The molecule has 0 atom stereocenters. The van der Waals surface area contributed by atoms with E-state index in [1.807, 2.05) is 36.4 Å². The predicted molar refractivity (Wildman–Crippen MR) is 78.6 cm³/mol. The van der Waals surface area contributed by atoms with Crippen LogP contribution in [0.5, 0.6) is 0 Å². The number of amides is 1. The third-order valence-electron chi connectivity index (χ3n) is 2.90. The highest BCUT2D eigenvalue weighted by Gasteiger charge is 2.14. The second-order valence-electron chi connectivity index (χ2n) is 4.28. The summed E-state index contributed by atoms with van der Waals surface area (Å²) in [6, 6.07) is 20.4. The van der Waals surface area contributed by atoms with E-state index in [0.717, 1.165) is 5.56 Å². The summed E-state index contributed by atoms with van der Waals surface area (Å²) in [5, 5.41) is 9.24. The van der Waals surface area contributed by atoms with Crippen molar-refractivity contribution < 1.29 is 4.79 Å². The lowest BCUT2D eigenvalue weighted by Crippen LogP contribution is -2.25. The highest BCUT2D eigenvalue weighted by molar-refractivity contribution is 5.96. The number of carbonyl (C=O) groups is 1. The van der Waals surface area contributed by atoms with Crippen molar-refractivity contribution >= 4 is 12.0 Å². The average Bonchev–Trinajstić information content (AvgIpc) is 2.53. The summed E-state index contributed by atoms with van der Waals surface area (Å²) in [6.45, 7) is 0. The van der Waals surface area contributed by atoms with E-state index in [1.54, 1.807) is 37.4 Å². The van der Waals surface area contributed by atoms with Gasteiger partial charge in [-0.3, -0.25) is 4.79 Å². The topological polar surface area (TPSA) is 44.1 Å². The zero-order chi connectivity index (χ0) is 14.4. The van der Waals surface area contributed by atoms with Gasteiger partial charge in [0.2, 0.25) is 0 Å². The summed E-state index contributed by atoms with van der Waals surface area (Å²) in [5.74, 6) is -0.200. The Morgan fingerprint density at radius 3 is 2.15 bits per heavy atom. The molecule has 98 valence electrons. The molecule has 0 fully saturated rings. The third-order valence-corrected chi connectivity index (χ3v) is 2.90. The second-order valence-corrected chi connectivity index (χ2v) is 4.28. The van der Waals surface area contributed by atoms with Crippen molar-refractivity contribution in [3.63, 3.8) is 0 Å². The van der Waals surface area contributed by atoms with E-state index in [0.29, 0.717) is 11.3 Å². The second kappa shape index (κ2) is 6.35. The molecule has 0 N–H and O–H groups in total. The normalized spacial score (nSPS) is 10.7. The van der Waals surface area contributed by atoms with E-state index < -0.39 is 0 Å². The molecule has 2 rings (SSSR count). The quantitative estimate of drug-likeness (QED) is 0.796. The molecule has 0 unspecified atom stereocenters. The summed E-state index contributed by atoms with van der Waals surface area (Å²) >= 11 is 0. The molecule has 0 bridgehead atoms. The monoisotopic (exact) mass is 262 g/mol. The maximum atomic E-state index is 12.3. The summed E-state index contributed by atoms with van der Waals surface area (Å²) in [6.07, 6.45) is 1.70. The molecule has 20 heavy (non-hydrogen) atoms. The van der Waals surface area contributed by atoms with E-state index in [-0.39, 0.29) is 5.91 Å². The van der Waals surface area contributed by atoms with E-state index in [4.69, 9.17) is 0 Å². The number of carbonyl (C=O) groups excluding carboxylic acids is 1. The number of nitrogens with zero attached hydrogens (tertiary/aromatic N) is 2. The molecular formula is C17H14N2O. The minimum atomic E-state index is -0.200. The highest BCUT2D eigenvalue weighted by Crippen LogP contribution is 2.12. The van der Waals surface area contributed by atoms with Crippen LogP contribution in [-0.4, -0.2) is 17.9 Å². The van der Waals surface area contributed by atoms with Crippen molar-refractivity contribution in [3.05, 3.63) is 77.5 Å². The van der Waals surface area contributed by atoms with Crippen molar-refractivity contribution in [2.45, 2.75) is 0 Å². The molecule has 0 spiro atoms. The van der Waals surface area contributed by atoms with Crippen molar-refractivity contribution in [2.24, 2.45) is 0 Å². The van der Waals surface area contributed by atoms with E-state index in [1.165, 1.54) is 4.90 Å². The van der Waals surface area contributed by atoms with Gasteiger partial charge >= 0.3 is 0 Å². The van der Waals surface area contributed by atoms with Crippen LogP contribution in [0.25, 0.3) is 6.08 Å². The first-order valence-corrected chi connectivity index (χ1v) is 6.22. The van der Waals surface area contributed by atoms with Crippen LogP contribution in [-0.2, 0) is 0 Å². The Kier molecular flexibility index (Phi) is 4.31. The van der Waals surface area contributed by atoms with Crippen LogP contribution < -0.4 is 0 Å². The van der Waals surface area contributed by atoms with Gasteiger partial charge in [-0.2, -0.15) is 5.26 Å². The molecule has 3 heteroatoms. The van der Waals surface area contributed by atoms with E-state index in [2.05, 4.69) is 6.07 Å². The van der Waals surface area contributed by atoms with Gasteiger partial charge in [-0.15, -0.1) is 0 Å². The zero-order valence-corrected chi connectivity index (χ0v) is 11.2. The summed E-state index contributed by atoms with van der Waals surface area (Å²) in [5.41, 5.74) is 1.76. The fourth-order valence-corrected chi connectivity index (χ4v) is 1.80. The summed E-state index contributed by atoms with van der Waals surface area (Å²) in [4.78, 5) is 13.6. The number of hydrogen-bond acceptors (Lipinski definition) is 2. The summed E-state index contributed by atoms with van der Waals surface area (Å²) < 4.78 is 0. The Bertz CT molecular complexity index is 654. The molecule has 0 radical (unpaired) electrons. The Hall–Kier alpha value is -2.86. The molecule has 0 saturated carbocycles. The number of benzene rings is 2. The van der Waals surface area contributed by atoms with Crippen LogP contribution in [0.4, 0.5) is 0 Å². The number of hydrogen-bond donors (Lipinski definition) is 0. The van der Waals surface area contributed by atoms with Gasteiger partial charge in [-0.25, -0.2) is 0 Å². The molecule has 3 nitrogen and oxygen atoms in total. The minimum Gasteiger partial charge on any atom is -0.302 e. The summed E-state index contributed by atoms with van der Waals surface area (Å²) in [7, 11) is 1.60. The lowest BCUT2D eigenvalue weighted by atomic mass is 10.1. The Balaban J connectivity index is 2.27. The van der Waals surface area contributed by atoms with Gasteiger partial charge in [0.15, 0.2) is 0 Å². The Morgan fingerprint density at radius 1 is 1.05 bits per heavy atom. The lowest BCUT2D eigenvalue weighted by Gasteiger charge is -2.16. The molecule has 2 aromatic carbocycles. The van der Waals surface area contributed by atoms with Crippen molar-refractivity contribution in [2.75, 3.05) is 7.05 Å². The van der Waals surface area contributed by atoms with Crippen molar-refractivity contribution in [1.82, 2.24) is 4.90 Å². The standard InChI is InChI=1S/C17H14N2O/c1-19(17(20)15-10-6-3-7-11-15)16(13-18)12-14-8-4-2-5-9-14/h2-12H,1H3/b16-12+. The molecule has 1 amide bonds. The van der Waals surface area contributed by atoms with Gasteiger partial charge < -0.3 is 4.90 Å². The largest absolute Gasteiger partial charge is 0.302 e. The molecular weight excluding hydrogens is 248 g/mol. The molecule has 0 saturated heterocycles. The Labute approximate surface area is 118 Å². The van der Waals surface area contributed by atoms with Gasteiger partial charge in [0, 0.05) is 12.6 Å².